The minimum atomic E-state index is 0.687. The predicted molar refractivity (Wildman–Crippen MR) is 73.4 cm³/mol. The van der Waals surface area contributed by atoms with E-state index in [0.29, 0.717) is 6.04 Å². The first-order valence-corrected chi connectivity index (χ1v) is 7.38. The number of rotatable bonds is 5. The van der Waals surface area contributed by atoms with Crippen LogP contribution in [-0.4, -0.2) is 61.2 Å². The fourth-order valence-corrected chi connectivity index (χ4v) is 2.95. The average molecular weight is 239 g/mol. The molecule has 2 aliphatic rings. The smallest absolute Gasteiger partial charge is 0.0223 e. The molecular weight excluding hydrogens is 210 g/mol. The lowest BCUT2D eigenvalue weighted by Crippen LogP contribution is -2.48. The van der Waals surface area contributed by atoms with E-state index in [2.05, 4.69) is 36.0 Å². The van der Waals surface area contributed by atoms with Gasteiger partial charge in [-0.15, -0.1) is 0 Å². The number of nitrogens with one attached hydrogen (secondary N) is 1. The van der Waals surface area contributed by atoms with Crippen LogP contribution in [0.5, 0.6) is 0 Å². The van der Waals surface area contributed by atoms with Crippen LogP contribution in [0.1, 0.15) is 39.5 Å². The van der Waals surface area contributed by atoms with E-state index < -0.39 is 0 Å². The van der Waals surface area contributed by atoms with Crippen LogP contribution in [-0.2, 0) is 0 Å². The van der Waals surface area contributed by atoms with Crippen LogP contribution in [0.15, 0.2) is 0 Å². The number of likely N-dealkylation sites (N-methyl/N-ethyl adjacent to an activating group) is 1. The second-order valence-corrected chi connectivity index (χ2v) is 5.95. The highest BCUT2D eigenvalue weighted by Crippen LogP contribution is 2.20. The molecule has 3 heteroatoms. The minimum absolute atomic E-state index is 0.687. The fourth-order valence-electron chi connectivity index (χ4n) is 2.95. The third kappa shape index (κ3) is 3.94. The molecule has 0 aromatic carbocycles. The molecule has 1 N–H and O–H groups in total. The highest BCUT2D eigenvalue weighted by molar-refractivity contribution is 4.86. The summed E-state index contributed by atoms with van der Waals surface area (Å²) >= 11 is 0. The van der Waals surface area contributed by atoms with Crippen LogP contribution in [0, 0.1) is 0 Å². The average Bonchev–Trinajstić information content (AvgIpc) is 3.12. The summed E-state index contributed by atoms with van der Waals surface area (Å²) in [5.41, 5.74) is 0. The molecule has 3 nitrogen and oxygen atoms in total. The standard InChI is InChI=1S/C14H29N3/c1-4-14-11-16(3)8-5-9-17(14)12(2)10-15-13-6-7-13/h12-15H,4-11H2,1-3H3. The first kappa shape index (κ1) is 13.3. The van der Waals surface area contributed by atoms with Crippen LogP contribution in [0.25, 0.3) is 0 Å². The van der Waals surface area contributed by atoms with Crippen LogP contribution in [0.3, 0.4) is 0 Å². The lowest BCUT2D eigenvalue weighted by Gasteiger charge is -2.35. The van der Waals surface area contributed by atoms with Gasteiger partial charge in [0.1, 0.15) is 0 Å². The van der Waals surface area contributed by atoms with Crippen LogP contribution < -0.4 is 5.32 Å². The molecule has 1 aliphatic heterocycles. The molecule has 1 aliphatic carbocycles. The highest BCUT2D eigenvalue weighted by atomic mass is 15.3. The molecule has 100 valence electrons. The molecule has 2 unspecified atom stereocenters. The molecule has 0 aromatic heterocycles. The Morgan fingerprint density at radius 1 is 1.29 bits per heavy atom. The first-order chi connectivity index (χ1) is 8.20. The van der Waals surface area contributed by atoms with Gasteiger partial charge in [0.15, 0.2) is 0 Å². The summed E-state index contributed by atoms with van der Waals surface area (Å²) in [6, 6.07) is 2.28. The van der Waals surface area contributed by atoms with Gasteiger partial charge in [-0.05, 0) is 46.2 Å². The highest BCUT2D eigenvalue weighted by Gasteiger charge is 2.27. The molecule has 2 rings (SSSR count). The van der Waals surface area contributed by atoms with Crippen LogP contribution >= 0.6 is 0 Å². The SMILES string of the molecule is CCC1CN(C)CCCN1C(C)CNC1CC1. The van der Waals surface area contributed by atoms with Gasteiger partial charge in [0.25, 0.3) is 0 Å². The van der Waals surface area contributed by atoms with Crippen molar-refractivity contribution in [3.63, 3.8) is 0 Å². The van der Waals surface area contributed by atoms with E-state index in [4.69, 9.17) is 0 Å². The van der Waals surface area contributed by atoms with Gasteiger partial charge < -0.3 is 10.2 Å². The molecule has 2 atom stereocenters. The Morgan fingerprint density at radius 3 is 2.71 bits per heavy atom. The molecule has 17 heavy (non-hydrogen) atoms. The van der Waals surface area contributed by atoms with Crippen molar-refractivity contribution in [3.8, 4) is 0 Å². The Balaban J connectivity index is 1.85. The minimum Gasteiger partial charge on any atom is -0.312 e. The summed E-state index contributed by atoms with van der Waals surface area (Å²) in [6.07, 6.45) is 5.39. The summed E-state index contributed by atoms with van der Waals surface area (Å²) in [7, 11) is 2.26. The Hall–Kier alpha value is -0.120. The van der Waals surface area contributed by atoms with Gasteiger partial charge in [-0.3, -0.25) is 4.90 Å². The summed E-state index contributed by atoms with van der Waals surface area (Å²) in [5.74, 6) is 0. The molecule has 1 saturated heterocycles. The van der Waals surface area contributed by atoms with Crippen molar-refractivity contribution in [1.29, 1.82) is 0 Å². The van der Waals surface area contributed by atoms with Crippen molar-refractivity contribution in [1.82, 2.24) is 15.1 Å². The van der Waals surface area contributed by atoms with Gasteiger partial charge in [0.2, 0.25) is 0 Å². The van der Waals surface area contributed by atoms with Crippen LogP contribution in [0.4, 0.5) is 0 Å². The lowest BCUT2D eigenvalue weighted by atomic mass is 10.1. The second kappa shape index (κ2) is 6.17. The fraction of sp³-hybridized carbons (Fsp3) is 1.00. The van der Waals surface area contributed by atoms with Gasteiger partial charge in [-0.1, -0.05) is 6.92 Å². The zero-order valence-corrected chi connectivity index (χ0v) is 11.8. The second-order valence-electron chi connectivity index (χ2n) is 5.95. The van der Waals surface area contributed by atoms with Gasteiger partial charge in [0.05, 0.1) is 0 Å². The van der Waals surface area contributed by atoms with Gasteiger partial charge in [-0.25, -0.2) is 0 Å². The summed E-state index contributed by atoms with van der Waals surface area (Å²) in [4.78, 5) is 5.23. The number of hydrogen-bond acceptors (Lipinski definition) is 3. The van der Waals surface area contributed by atoms with Gasteiger partial charge >= 0.3 is 0 Å². The van der Waals surface area contributed by atoms with Crippen molar-refractivity contribution in [3.05, 3.63) is 0 Å². The van der Waals surface area contributed by atoms with E-state index in [9.17, 15) is 0 Å². The van der Waals surface area contributed by atoms with E-state index >= 15 is 0 Å². The van der Waals surface area contributed by atoms with E-state index in [1.807, 2.05) is 0 Å². The number of hydrogen-bond donors (Lipinski definition) is 1. The summed E-state index contributed by atoms with van der Waals surface area (Å²) < 4.78 is 0. The molecule has 0 amide bonds. The molecular formula is C14H29N3. The Kier molecular flexibility index (Phi) is 4.83. The molecule has 2 fully saturated rings. The van der Waals surface area contributed by atoms with Crippen molar-refractivity contribution in [2.24, 2.45) is 0 Å². The largest absolute Gasteiger partial charge is 0.312 e. The number of nitrogens with zero attached hydrogens (tertiary/aromatic N) is 2. The molecule has 1 saturated carbocycles. The lowest BCUT2D eigenvalue weighted by molar-refractivity contribution is 0.135. The monoisotopic (exact) mass is 239 g/mol. The molecule has 0 radical (unpaired) electrons. The van der Waals surface area contributed by atoms with E-state index in [1.165, 1.54) is 51.9 Å². The van der Waals surface area contributed by atoms with E-state index in [0.717, 1.165) is 12.1 Å². The predicted octanol–water partition coefficient (Wildman–Crippen LogP) is 1.54. The maximum atomic E-state index is 3.67. The third-order valence-corrected chi connectivity index (χ3v) is 4.26. The summed E-state index contributed by atoms with van der Waals surface area (Å²) in [5, 5.41) is 3.67. The van der Waals surface area contributed by atoms with Crippen molar-refractivity contribution in [2.75, 3.05) is 33.2 Å². The Bertz CT molecular complexity index is 228. The Labute approximate surface area is 107 Å². The van der Waals surface area contributed by atoms with E-state index in [1.54, 1.807) is 0 Å². The zero-order valence-electron chi connectivity index (χ0n) is 11.8. The Morgan fingerprint density at radius 2 is 2.06 bits per heavy atom. The van der Waals surface area contributed by atoms with Crippen molar-refractivity contribution >= 4 is 0 Å². The van der Waals surface area contributed by atoms with Crippen molar-refractivity contribution < 1.29 is 0 Å². The van der Waals surface area contributed by atoms with Crippen LogP contribution in [0.2, 0.25) is 0 Å². The summed E-state index contributed by atoms with van der Waals surface area (Å²) in [6.45, 7) is 9.67. The third-order valence-electron chi connectivity index (χ3n) is 4.26. The molecule has 0 spiro atoms. The molecule has 0 aromatic rings. The van der Waals surface area contributed by atoms with E-state index in [-0.39, 0.29) is 0 Å². The quantitative estimate of drug-likeness (QED) is 0.785. The van der Waals surface area contributed by atoms with Gasteiger partial charge in [0, 0.05) is 37.8 Å². The normalized spacial score (nSPS) is 30.2. The maximum Gasteiger partial charge on any atom is 0.0223 e. The topological polar surface area (TPSA) is 18.5 Å². The maximum absolute atomic E-state index is 3.67. The molecule has 0 bridgehead atoms. The first-order valence-electron chi connectivity index (χ1n) is 7.38. The van der Waals surface area contributed by atoms with Gasteiger partial charge in [-0.2, -0.15) is 0 Å². The van der Waals surface area contributed by atoms with Crippen molar-refractivity contribution in [2.45, 2.75) is 57.7 Å². The molecule has 1 heterocycles. The zero-order chi connectivity index (χ0) is 12.3.